The Hall–Kier alpha value is -12.4. The van der Waals surface area contributed by atoms with Crippen LogP contribution in [0, 0.1) is 30.6 Å². The Morgan fingerprint density at radius 3 is 1.43 bits per heavy atom. The summed E-state index contributed by atoms with van der Waals surface area (Å²) in [5.74, 6) is -10.7. The van der Waals surface area contributed by atoms with Crippen molar-refractivity contribution in [1.29, 1.82) is 0 Å². The first-order chi connectivity index (χ1) is 67.1. The van der Waals surface area contributed by atoms with Crippen molar-refractivity contribution in [1.82, 2.24) is 66.2 Å². The van der Waals surface area contributed by atoms with Crippen LogP contribution in [0.3, 0.4) is 0 Å². The molecule has 30 nitrogen and oxygen atoms in total. The summed E-state index contributed by atoms with van der Waals surface area (Å²) in [7, 11) is 11.4. The van der Waals surface area contributed by atoms with E-state index in [1.54, 1.807) is 177 Å². The number of carbonyl (C=O) groups excluding carboxylic acids is 14. The first kappa shape index (κ1) is 115. The van der Waals surface area contributed by atoms with Gasteiger partial charge in [0.25, 0.3) is 0 Å². The molecule has 0 aromatic heterocycles. The summed E-state index contributed by atoms with van der Waals surface area (Å²) in [6, 6.07) is 46.2. The van der Waals surface area contributed by atoms with E-state index in [1.807, 2.05) is 132 Å². The molecule has 0 aliphatic carbocycles. The van der Waals surface area contributed by atoms with Gasteiger partial charge in [0.1, 0.15) is 82.9 Å². The molecule has 6 N–H and O–H groups in total. The number of para-hydroxylation sites is 1. The van der Waals surface area contributed by atoms with Gasteiger partial charge >= 0.3 is 12.1 Å². The number of hydrogen-bond acceptors (Lipinski definition) is 19. The van der Waals surface area contributed by atoms with Gasteiger partial charge in [0.15, 0.2) is 0 Å². The van der Waals surface area contributed by atoms with Crippen LogP contribution in [-0.4, -0.2) is 263 Å². The number of nitrogens with zero attached hydrogens (tertiary/aromatic N) is 7. The van der Waals surface area contributed by atoms with Gasteiger partial charge in [0, 0.05) is 80.4 Å². The van der Waals surface area contributed by atoms with Crippen LogP contribution in [0.5, 0.6) is 5.75 Å². The molecular weight excluding hydrogens is 1840 g/mol. The maximum Gasteiger partial charge on any atom is 0.410 e. The molecule has 768 valence electrons. The number of carbonyl (C=O) groups is 14. The molecule has 7 aromatic rings. The Balaban J connectivity index is 1.12. The van der Waals surface area contributed by atoms with Crippen LogP contribution < -0.4 is 36.6 Å². The van der Waals surface area contributed by atoms with Gasteiger partial charge < -0.3 is 75.5 Å². The predicted molar refractivity (Wildman–Crippen MR) is 554 cm³/mol. The van der Waals surface area contributed by atoms with Gasteiger partial charge in [-0.3, -0.25) is 67.2 Å². The van der Waals surface area contributed by atoms with Crippen LogP contribution in [0.25, 0.3) is 0 Å². The number of rotatable bonds is 48. The summed E-state index contributed by atoms with van der Waals surface area (Å²) < 4.78 is 19.3. The summed E-state index contributed by atoms with van der Waals surface area (Å²) in [6.07, 6.45) is -0.664. The van der Waals surface area contributed by atoms with E-state index < -0.39 is 185 Å². The van der Waals surface area contributed by atoms with E-state index in [2.05, 4.69) is 31.9 Å². The lowest BCUT2D eigenvalue weighted by molar-refractivity contribution is -0.154. The SMILES string of the molecule is CCSSc1cccc(C)c1OC(=O)C[C@H](NC(=O)[C@H](Cc1ccccc1)NC(=O)[C@H](C(C)C)N(C)C(=O)[C@H](CC(C)C)N(C)C(=O)CNC(=O)[C@@](C)(Cc1ccccc1)N(C)C(=O)[C@@H](NC(=O)[C@H](CC(C)C)N(C)C(=O)[C@@H](NC(=O)[C@H](C)N(C)C(=O)OC(C)(C)C)C(C)C)[C@@H](C)OC(c1ccccc1)(c1ccccc1)c1ccccc1)C(=O)N(C)C(Cc1ccccc1)C(=O)N[C@@H](C)C(=O)N1CCCCC1. The summed E-state index contributed by atoms with van der Waals surface area (Å²) in [4.78, 5) is 222. The Morgan fingerprint density at radius 1 is 0.451 bits per heavy atom. The van der Waals surface area contributed by atoms with E-state index in [0.29, 0.717) is 56.9 Å². The highest BCUT2D eigenvalue weighted by atomic mass is 33.1. The zero-order valence-corrected chi connectivity index (χ0v) is 88.4. The smallest absolute Gasteiger partial charge is 0.410 e. The number of likely N-dealkylation sites (tertiary alicyclic amines) is 1. The van der Waals surface area contributed by atoms with Gasteiger partial charge in [-0.2, -0.15) is 0 Å². The fraction of sp³-hybridized carbons (Fsp3) is 0.491. The Kier molecular flexibility index (Phi) is 43.4. The van der Waals surface area contributed by atoms with Crippen LogP contribution in [-0.2, 0) is 96.7 Å². The first-order valence-electron chi connectivity index (χ1n) is 49.1. The monoisotopic (exact) mass is 1990 g/mol. The second kappa shape index (κ2) is 53.6. The van der Waals surface area contributed by atoms with Crippen LogP contribution in [0.15, 0.2) is 205 Å². The van der Waals surface area contributed by atoms with Crippen molar-refractivity contribution in [2.75, 3.05) is 67.7 Å². The minimum atomic E-state index is -1.97. The number of ether oxygens (including phenoxy) is 3. The minimum absolute atomic E-state index is 0.0319. The molecule has 8 rings (SSSR count). The fourth-order valence-electron chi connectivity index (χ4n) is 17.5. The average Bonchev–Trinajstić information content (AvgIpc) is 0.744. The van der Waals surface area contributed by atoms with Gasteiger partial charge in [-0.1, -0.05) is 278 Å². The maximum atomic E-state index is 16.7. The van der Waals surface area contributed by atoms with Gasteiger partial charge in [-0.15, -0.1) is 0 Å². The van der Waals surface area contributed by atoms with E-state index in [-0.39, 0.29) is 55.6 Å². The Morgan fingerprint density at radius 2 is 0.930 bits per heavy atom. The zero-order chi connectivity index (χ0) is 105. The van der Waals surface area contributed by atoms with E-state index in [0.717, 1.165) is 34.8 Å². The van der Waals surface area contributed by atoms with Gasteiger partial charge in [0.05, 0.1) is 24.0 Å². The van der Waals surface area contributed by atoms with Gasteiger partial charge in [-0.25, -0.2) is 4.79 Å². The lowest BCUT2D eigenvalue weighted by Gasteiger charge is -2.43. The van der Waals surface area contributed by atoms with E-state index in [9.17, 15) is 24.0 Å². The number of amides is 13. The molecule has 0 radical (unpaired) electrons. The van der Waals surface area contributed by atoms with Gasteiger partial charge in [-0.05, 0) is 156 Å². The standard InChI is InChI=1S/C110H149N13O17S2/c1-24-141-142-89-60-46-47-74(10)95(89)138-91(125)67-85(102(132)119(20)87(66-79-50-34-26-35-51-79)98(128)112-75(11)101(131)123-61-44-31-45-62-123)114-97(127)84(65-78-48-32-25-33-49-78)113-100(130)94(73(8)9)121(22)103(133)88(64-71(4)5)118(19)90(124)69-111-106(136)109(17,68-80-52-36-27-37-53-80)122(23)105(135)93(77(13)139-110(81-54-38-28-39-55-81,82-56-40-29-41-57-82)83-58-42-30-43-59-83)116-99(129)86(63-70(2)3)120(21)104(134)92(72(6)7)115-96(126)76(12)117(18)107(137)140-108(14,15)16/h25-30,32-43,46-60,70-73,75-77,84-88,92-94H,24,31,44-45,61-69H2,1-23H3,(H,111,136)(H,112,128)(H,113,130)(H,114,127)(H,115,126)(H,116,129)/t75-,76-,77+,84-,85-,86-,87?,88-,92-,93-,94-,109+/m0/s1. The second-order valence-electron chi connectivity index (χ2n) is 39.6. The summed E-state index contributed by atoms with van der Waals surface area (Å²) in [6.45, 7) is 29.7. The minimum Gasteiger partial charge on any atom is -0.444 e. The van der Waals surface area contributed by atoms with E-state index in [1.165, 1.54) is 97.3 Å². The molecule has 1 heterocycles. The number of esters is 1. The molecular formula is C110H149N13O17S2. The highest BCUT2D eigenvalue weighted by Gasteiger charge is 2.50. The quantitative estimate of drug-likeness (QED) is 0.00893. The van der Waals surface area contributed by atoms with Crippen LogP contribution in [0.1, 0.15) is 188 Å². The zero-order valence-electron chi connectivity index (χ0n) is 86.8. The summed E-state index contributed by atoms with van der Waals surface area (Å²) in [5.41, 5.74) is -0.0344. The summed E-state index contributed by atoms with van der Waals surface area (Å²) in [5, 5.41) is 17.3. The molecule has 13 amide bonds. The molecule has 1 fully saturated rings. The number of benzene rings is 7. The largest absolute Gasteiger partial charge is 0.444 e. The third kappa shape index (κ3) is 31.3. The molecule has 0 saturated carbocycles. The topological polar surface area (TPSA) is 362 Å². The van der Waals surface area contributed by atoms with Crippen molar-refractivity contribution in [2.24, 2.45) is 23.7 Å². The molecule has 1 aliphatic heterocycles. The lowest BCUT2D eigenvalue weighted by Crippen LogP contribution is -2.66. The average molecular weight is 1990 g/mol. The molecule has 12 atom stereocenters. The van der Waals surface area contributed by atoms with Crippen molar-refractivity contribution in [3.63, 3.8) is 0 Å². The molecule has 0 bridgehead atoms. The molecule has 32 heteroatoms. The Bertz CT molecular complexity index is 5290. The van der Waals surface area contributed by atoms with Crippen LogP contribution in [0.2, 0.25) is 0 Å². The highest BCUT2D eigenvalue weighted by Crippen LogP contribution is 2.43. The lowest BCUT2D eigenvalue weighted by atomic mass is 9.79. The third-order valence-electron chi connectivity index (χ3n) is 25.8. The fourth-order valence-corrected chi connectivity index (χ4v) is 19.3. The molecule has 7 aromatic carbocycles. The molecule has 0 spiro atoms. The first-order valence-corrected chi connectivity index (χ1v) is 51.4. The molecule has 1 unspecified atom stereocenters. The number of aryl methyl sites for hydroxylation is 1. The molecule has 1 saturated heterocycles. The Labute approximate surface area is 846 Å². The number of likely N-dealkylation sites (N-methyl/N-ethyl adjacent to an activating group) is 6. The molecule has 142 heavy (non-hydrogen) atoms. The van der Waals surface area contributed by atoms with Crippen LogP contribution >= 0.6 is 21.6 Å². The van der Waals surface area contributed by atoms with Crippen molar-refractivity contribution >= 4 is 105 Å². The van der Waals surface area contributed by atoms with Crippen molar-refractivity contribution in [3.05, 3.63) is 239 Å². The number of nitrogens with one attached hydrogen (secondary N) is 6. The van der Waals surface area contributed by atoms with Crippen molar-refractivity contribution in [3.8, 4) is 5.75 Å². The predicted octanol–water partition coefficient (Wildman–Crippen LogP) is 12.9. The second-order valence-corrected chi connectivity index (χ2v) is 42.3. The van der Waals surface area contributed by atoms with Crippen molar-refractivity contribution < 1.29 is 81.3 Å². The van der Waals surface area contributed by atoms with E-state index >= 15 is 43.2 Å². The normalized spacial score (nSPS) is 15.0. The maximum absolute atomic E-state index is 16.7. The van der Waals surface area contributed by atoms with Crippen LogP contribution in [0.4, 0.5) is 4.79 Å². The number of piperidine rings is 1. The highest BCUT2D eigenvalue weighted by molar-refractivity contribution is 8.76. The molecule has 1 aliphatic rings. The van der Waals surface area contributed by atoms with Crippen molar-refractivity contribution in [2.45, 2.75) is 264 Å². The summed E-state index contributed by atoms with van der Waals surface area (Å²) >= 11 is 0. The van der Waals surface area contributed by atoms with Gasteiger partial charge in [0.2, 0.25) is 70.9 Å². The number of hydrogen-bond donors (Lipinski definition) is 6. The van der Waals surface area contributed by atoms with E-state index in [4.69, 9.17) is 14.2 Å². The third-order valence-corrected chi connectivity index (χ3v) is 28.3.